The quantitative estimate of drug-likeness (QED) is 0.690. The molecule has 26 heavy (non-hydrogen) atoms. The van der Waals surface area contributed by atoms with Gasteiger partial charge in [0.2, 0.25) is 6.79 Å². The molecule has 1 aliphatic heterocycles. The highest BCUT2D eigenvalue weighted by Crippen LogP contribution is 2.35. The van der Waals surface area contributed by atoms with Crippen LogP contribution in [0.3, 0.4) is 0 Å². The predicted molar refractivity (Wildman–Crippen MR) is 101 cm³/mol. The van der Waals surface area contributed by atoms with Crippen LogP contribution in [0.4, 0.5) is 27.5 Å². The van der Waals surface area contributed by atoms with Crippen LogP contribution in [-0.4, -0.2) is 12.8 Å². The average molecular weight is 347 g/mol. The molecule has 3 aromatic carbocycles. The summed E-state index contributed by atoms with van der Waals surface area (Å²) in [7, 11) is 0. The molecule has 2 amide bonds. The highest BCUT2D eigenvalue weighted by molar-refractivity contribution is 6.07. The van der Waals surface area contributed by atoms with Crippen LogP contribution < -0.4 is 25.4 Å². The Hall–Kier alpha value is -3.67. The van der Waals surface area contributed by atoms with Crippen LogP contribution in [0.25, 0.3) is 0 Å². The molecule has 4 rings (SSSR count). The van der Waals surface area contributed by atoms with E-state index in [1.54, 1.807) is 35.2 Å². The van der Waals surface area contributed by atoms with Crippen molar-refractivity contribution in [3.63, 3.8) is 0 Å². The van der Waals surface area contributed by atoms with Crippen LogP contribution in [0, 0.1) is 0 Å². The zero-order chi connectivity index (χ0) is 17.9. The first-order valence-electron chi connectivity index (χ1n) is 8.12. The molecular weight excluding hydrogens is 330 g/mol. The van der Waals surface area contributed by atoms with Gasteiger partial charge >= 0.3 is 6.03 Å². The summed E-state index contributed by atoms with van der Waals surface area (Å²) in [5.74, 6) is 1.28. The van der Waals surface area contributed by atoms with E-state index < -0.39 is 0 Å². The summed E-state index contributed by atoms with van der Waals surface area (Å²) in [6.07, 6.45) is 0. The number of benzene rings is 3. The van der Waals surface area contributed by atoms with Gasteiger partial charge in [-0.1, -0.05) is 18.2 Å². The smallest absolute Gasteiger partial charge is 0.330 e. The number of carbonyl (C=O) groups excluding carboxylic acids is 1. The summed E-state index contributed by atoms with van der Waals surface area (Å²) in [4.78, 5) is 14.6. The molecule has 3 N–H and O–H groups in total. The van der Waals surface area contributed by atoms with E-state index in [0.29, 0.717) is 28.6 Å². The standard InChI is InChI=1S/C20H17N3O3/c21-14-6-9-17(10-7-14)23(16-4-2-1-3-5-16)20(24)22-15-8-11-18-19(12-15)26-13-25-18/h1-12H,13,21H2,(H,22,24). The van der Waals surface area contributed by atoms with Gasteiger partial charge in [0.25, 0.3) is 0 Å². The first-order chi connectivity index (χ1) is 12.7. The number of hydrogen-bond acceptors (Lipinski definition) is 4. The number of urea groups is 1. The maximum Gasteiger partial charge on any atom is 0.330 e. The lowest BCUT2D eigenvalue weighted by molar-refractivity contribution is 0.174. The number of para-hydroxylation sites is 1. The van der Waals surface area contributed by atoms with Crippen molar-refractivity contribution >= 4 is 28.8 Å². The summed E-state index contributed by atoms with van der Waals surface area (Å²) < 4.78 is 10.7. The fourth-order valence-electron chi connectivity index (χ4n) is 2.74. The first kappa shape index (κ1) is 15.8. The highest BCUT2D eigenvalue weighted by atomic mass is 16.7. The molecule has 6 nitrogen and oxygen atoms in total. The Morgan fingerprint density at radius 2 is 1.58 bits per heavy atom. The number of carbonyl (C=O) groups is 1. The van der Waals surface area contributed by atoms with Crippen LogP contribution in [0.2, 0.25) is 0 Å². The molecule has 0 spiro atoms. The first-order valence-corrected chi connectivity index (χ1v) is 8.12. The van der Waals surface area contributed by atoms with Gasteiger partial charge in [-0.25, -0.2) is 4.79 Å². The minimum atomic E-state index is -0.292. The number of nitrogens with one attached hydrogen (secondary N) is 1. The Morgan fingerprint density at radius 3 is 2.35 bits per heavy atom. The fourth-order valence-corrected chi connectivity index (χ4v) is 2.74. The Kier molecular flexibility index (Phi) is 4.07. The van der Waals surface area contributed by atoms with Crippen molar-refractivity contribution in [3.8, 4) is 11.5 Å². The lowest BCUT2D eigenvalue weighted by Crippen LogP contribution is -2.30. The van der Waals surface area contributed by atoms with Crippen molar-refractivity contribution < 1.29 is 14.3 Å². The van der Waals surface area contributed by atoms with Gasteiger partial charge in [0.1, 0.15) is 0 Å². The number of ether oxygens (including phenoxy) is 2. The van der Waals surface area contributed by atoms with E-state index in [0.717, 1.165) is 5.69 Å². The number of hydrogen-bond donors (Lipinski definition) is 2. The van der Waals surface area contributed by atoms with Gasteiger partial charge in [-0.2, -0.15) is 0 Å². The van der Waals surface area contributed by atoms with E-state index in [4.69, 9.17) is 15.2 Å². The second-order valence-electron chi connectivity index (χ2n) is 5.76. The lowest BCUT2D eigenvalue weighted by Gasteiger charge is -2.23. The van der Waals surface area contributed by atoms with Gasteiger partial charge < -0.3 is 20.5 Å². The third-order valence-electron chi connectivity index (χ3n) is 3.99. The topological polar surface area (TPSA) is 76.8 Å². The number of nitrogens with zero attached hydrogens (tertiary/aromatic N) is 1. The predicted octanol–water partition coefficient (Wildman–Crippen LogP) is 4.37. The Bertz CT molecular complexity index is 927. The van der Waals surface area contributed by atoms with E-state index in [1.165, 1.54) is 0 Å². The summed E-state index contributed by atoms with van der Waals surface area (Å²) in [5.41, 5.74) is 8.49. The molecule has 3 aromatic rings. The van der Waals surface area contributed by atoms with Crippen molar-refractivity contribution in [2.24, 2.45) is 0 Å². The van der Waals surface area contributed by atoms with Gasteiger partial charge in [0.15, 0.2) is 11.5 Å². The molecule has 0 unspecified atom stereocenters. The SMILES string of the molecule is Nc1ccc(N(C(=O)Nc2ccc3c(c2)OCO3)c2ccccc2)cc1. The minimum Gasteiger partial charge on any atom is -0.454 e. The van der Waals surface area contributed by atoms with Crippen LogP contribution >= 0.6 is 0 Å². The number of anilines is 4. The summed E-state index contributed by atoms with van der Waals surface area (Å²) >= 11 is 0. The van der Waals surface area contributed by atoms with Crippen LogP contribution in [0.5, 0.6) is 11.5 Å². The lowest BCUT2D eigenvalue weighted by atomic mass is 10.2. The van der Waals surface area contributed by atoms with Gasteiger partial charge in [-0.15, -0.1) is 0 Å². The Morgan fingerprint density at radius 1 is 0.885 bits per heavy atom. The number of amides is 2. The Balaban J connectivity index is 1.65. The maximum atomic E-state index is 13.0. The summed E-state index contributed by atoms with van der Waals surface area (Å²) in [6, 6.07) is 21.5. The van der Waals surface area contributed by atoms with E-state index in [2.05, 4.69) is 5.32 Å². The van der Waals surface area contributed by atoms with E-state index in [1.807, 2.05) is 42.5 Å². The van der Waals surface area contributed by atoms with Crippen LogP contribution in [0.15, 0.2) is 72.8 Å². The number of nitrogens with two attached hydrogens (primary N) is 1. The van der Waals surface area contributed by atoms with Crippen molar-refractivity contribution in [3.05, 3.63) is 72.8 Å². The van der Waals surface area contributed by atoms with Crippen LogP contribution in [-0.2, 0) is 0 Å². The fraction of sp³-hybridized carbons (Fsp3) is 0.0500. The molecule has 0 aromatic heterocycles. The largest absolute Gasteiger partial charge is 0.454 e. The third kappa shape index (κ3) is 3.12. The van der Waals surface area contributed by atoms with Crippen molar-refractivity contribution in [2.75, 3.05) is 22.7 Å². The van der Waals surface area contributed by atoms with Gasteiger partial charge in [-0.05, 0) is 48.5 Å². The summed E-state index contributed by atoms with van der Waals surface area (Å²) in [6.45, 7) is 0.189. The molecular formula is C20H17N3O3. The van der Waals surface area contributed by atoms with E-state index in [-0.39, 0.29) is 12.8 Å². The molecule has 0 bridgehead atoms. The number of fused-ring (bicyclic) bond motifs is 1. The molecule has 130 valence electrons. The average Bonchev–Trinajstić information content (AvgIpc) is 3.12. The molecule has 0 fully saturated rings. The number of rotatable bonds is 3. The molecule has 0 saturated carbocycles. The highest BCUT2D eigenvalue weighted by Gasteiger charge is 2.20. The molecule has 0 radical (unpaired) electrons. The van der Waals surface area contributed by atoms with Crippen molar-refractivity contribution in [2.45, 2.75) is 0 Å². The zero-order valence-corrected chi connectivity index (χ0v) is 13.9. The van der Waals surface area contributed by atoms with Crippen molar-refractivity contribution in [1.29, 1.82) is 0 Å². The molecule has 6 heteroatoms. The van der Waals surface area contributed by atoms with Gasteiger partial charge in [0.05, 0.1) is 11.4 Å². The second-order valence-corrected chi connectivity index (χ2v) is 5.76. The monoisotopic (exact) mass is 347 g/mol. The van der Waals surface area contributed by atoms with Crippen molar-refractivity contribution in [1.82, 2.24) is 0 Å². The van der Waals surface area contributed by atoms with E-state index in [9.17, 15) is 4.79 Å². The third-order valence-corrected chi connectivity index (χ3v) is 3.99. The molecule has 1 aliphatic rings. The molecule has 0 aliphatic carbocycles. The number of nitrogen functional groups attached to an aromatic ring is 1. The molecule has 0 atom stereocenters. The molecule has 1 heterocycles. The Labute approximate surface area is 150 Å². The van der Waals surface area contributed by atoms with Crippen LogP contribution in [0.1, 0.15) is 0 Å². The maximum absolute atomic E-state index is 13.0. The zero-order valence-electron chi connectivity index (χ0n) is 13.9. The molecule has 0 saturated heterocycles. The second kappa shape index (κ2) is 6.68. The normalized spacial score (nSPS) is 11.8. The summed E-state index contributed by atoms with van der Waals surface area (Å²) in [5, 5.41) is 2.90. The minimum absolute atomic E-state index is 0.189. The van der Waals surface area contributed by atoms with Gasteiger partial charge in [0, 0.05) is 17.4 Å². The van der Waals surface area contributed by atoms with Gasteiger partial charge in [-0.3, -0.25) is 4.90 Å². The van der Waals surface area contributed by atoms with E-state index >= 15 is 0 Å².